The maximum Gasteiger partial charge on any atom is 0.255 e. The van der Waals surface area contributed by atoms with Gasteiger partial charge in [-0.15, -0.1) is 0 Å². The number of carbonyl (C=O) groups is 1. The van der Waals surface area contributed by atoms with Crippen molar-refractivity contribution in [1.29, 1.82) is 0 Å². The molecule has 1 amide bonds. The molecule has 128 valence electrons. The Labute approximate surface area is 149 Å². The predicted molar refractivity (Wildman–Crippen MR) is 100 cm³/mol. The molecule has 0 unspecified atom stereocenters. The molecule has 0 spiro atoms. The van der Waals surface area contributed by atoms with Gasteiger partial charge >= 0.3 is 0 Å². The summed E-state index contributed by atoms with van der Waals surface area (Å²) >= 11 is 0. The number of anilines is 1. The first-order chi connectivity index (χ1) is 12.7. The van der Waals surface area contributed by atoms with E-state index in [1.165, 1.54) is 0 Å². The molecule has 0 bridgehead atoms. The van der Waals surface area contributed by atoms with E-state index in [0.717, 1.165) is 11.1 Å². The van der Waals surface area contributed by atoms with Crippen LogP contribution >= 0.6 is 0 Å². The van der Waals surface area contributed by atoms with Gasteiger partial charge in [0, 0.05) is 17.3 Å². The standard InChI is InChI=1S/C20H16N4O2/c1-26-14-10-8-13(9-11-14)20(25)23-16-6-3-2-5-15(16)18-22-17-7-4-12-21-19(17)24-18/h2-12H,1H3,(H,23,25)(H,21,22,24). The second kappa shape index (κ2) is 6.68. The summed E-state index contributed by atoms with van der Waals surface area (Å²) in [5.41, 5.74) is 3.50. The molecular formula is C20H16N4O2. The molecule has 0 aliphatic heterocycles. The zero-order valence-corrected chi connectivity index (χ0v) is 14.1. The predicted octanol–water partition coefficient (Wildman–Crippen LogP) is 3.89. The lowest BCUT2D eigenvalue weighted by Gasteiger charge is -2.10. The minimum absolute atomic E-state index is 0.200. The van der Waals surface area contributed by atoms with Crippen molar-refractivity contribution < 1.29 is 9.53 Å². The molecule has 2 heterocycles. The van der Waals surface area contributed by atoms with Gasteiger partial charge in [0.05, 0.1) is 18.3 Å². The molecule has 2 aromatic heterocycles. The number of nitrogens with zero attached hydrogens (tertiary/aromatic N) is 2. The first-order valence-electron chi connectivity index (χ1n) is 8.10. The van der Waals surface area contributed by atoms with Crippen molar-refractivity contribution in [1.82, 2.24) is 15.0 Å². The molecule has 0 aliphatic rings. The number of hydrogen-bond donors (Lipinski definition) is 2. The Kier molecular flexibility index (Phi) is 4.07. The highest BCUT2D eigenvalue weighted by atomic mass is 16.5. The average Bonchev–Trinajstić information content (AvgIpc) is 3.12. The van der Waals surface area contributed by atoms with Gasteiger partial charge in [0.2, 0.25) is 0 Å². The van der Waals surface area contributed by atoms with Crippen molar-refractivity contribution in [2.45, 2.75) is 0 Å². The number of pyridine rings is 1. The van der Waals surface area contributed by atoms with Gasteiger partial charge in [0.25, 0.3) is 5.91 Å². The number of H-pyrrole nitrogens is 1. The molecule has 2 N–H and O–H groups in total. The molecule has 2 aromatic carbocycles. The second-order valence-electron chi connectivity index (χ2n) is 5.69. The summed E-state index contributed by atoms with van der Waals surface area (Å²) in [6.07, 6.45) is 1.70. The van der Waals surface area contributed by atoms with Gasteiger partial charge in [-0.1, -0.05) is 12.1 Å². The number of nitrogens with one attached hydrogen (secondary N) is 2. The fraction of sp³-hybridized carbons (Fsp3) is 0.0500. The van der Waals surface area contributed by atoms with E-state index in [4.69, 9.17) is 4.74 Å². The Balaban J connectivity index is 1.66. The van der Waals surface area contributed by atoms with Crippen LogP contribution in [0.3, 0.4) is 0 Å². The van der Waals surface area contributed by atoms with Crippen molar-refractivity contribution in [3.8, 4) is 17.1 Å². The zero-order valence-electron chi connectivity index (χ0n) is 14.1. The van der Waals surface area contributed by atoms with E-state index in [9.17, 15) is 4.79 Å². The summed E-state index contributed by atoms with van der Waals surface area (Å²) in [5.74, 6) is 1.16. The molecule has 0 fully saturated rings. The van der Waals surface area contributed by atoms with E-state index in [1.807, 2.05) is 36.4 Å². The minimum atomic E-state index is -0.200. The number of para-hydroxylation sites is 1. The maximum atomic E-state index is 12.6. The van der Waals surface area contributed by atoms with Gasteiger partial charge < -0.3 is 15.0 Å². The smallest absolute Gasteiger partial charge is 0.255 e. The highest BCUT2D eigenvalue weighted by Gasteiger charge is 2.13. The van der Waals surface area contributed by atoms with Gasteiger partial charge in [-0.2, -0.15) is 0 Å². The van der Waals surface area contributed by atoms with E-state index in [-0.39, 0.29) is 5.91 Å². The van der Waals surface area contributed by atoms with Crippen LogP contribution in [0.15, 0.2) is 66.9 Å². The number of imidazole rings is 1. The van der Waals surface area contributed by atoms with E-state index in [1.54, 1.807) is 37.6 Å². The van der Waals surface area contributed by atoms with Gasteiger partial charge in [-0.25, -0.2) is 9.97 Å². The average molecular weight is 344 g/mol. The number of aromatic nitrogens is 3. The molecular weight excluding hydrogens is 328 g/mol. The van der Waals surface area contributed by atoms with Gasteiger partial charge in [0.1, 0.15) is 11.6 Å². The van der Waals surface area contributed by atoms with Crippen molar-refractivity contribution >= 4 is 22.8 Å². The van der Waals surface area contributed by atoms with Crippen molar-refractivity contribution in [2.75, 3.05) is 12.4 Å². The zero-order chi connectivity index (χ0) is 17.9. The van der Waals surface area contributed by atoms with Crippen molar-refractivity contribution in [3.63, 3.8) is 0 Å². The molecule has 0 atom stereocenters. The first kappa shape index (κ1) is 15.8. The molecule has 0 aliphatic carbocycles. The van der Waals surface area contributed by atoms with Gasteiger partial charge in [0.15, 0.2) is 5.65 Å². The third kappa shape index (κ3) is 3.00. The summed E-state index contributed by atoms with van der Waals surface area (Å²) in [4.78, 5) is 24.6. The number of amides is 1. The van der Waals surface area contributed by atoms with Crippen molar-refractivity contribution in [2.24, 2.45) is 0 Å². The molecule has 26 heavy (non-hydrogen) atoms. The van der Waals surface area contributed by atoms with E-state index in [2.05, 4.69) is 20.3 Å². The number of aromatic amines is 1. The summed E-state index contributed by atoms with van der Waals surface area (Å²) in [6.45, 7) is 0. The van der Waals surface area contributed by atoms with Crippen LogP contribution in [-0.2, 0) is 0 Å². The van der Waals surface area contributed by atoms with E-state index >= 15 is 0 Å². The fourth-order valence-electron chi connectivity index (χ4n) is 2.71. The lowest BCUT2D eigenvalue weighted by atomic mass is 10.1. The molecule has 4 rings (SSSR count). The largest absolute Gasteiger partial charge is 0.497 e. The number of rotatable bonds is 4. The number of fused-ring (bicyclic) bond motifs is 1. The number of hydrogen-bond acceptors (Lipinski definition) is 4. The summed E-state index contributed by atoms with van der Waals surface area (Å²) < 4.78 is 5.12. The van der Waals surface area contributed by atoms with Crippen LogP contribution in [0.1, 0.15) is 10.4 Å². The molecule has 6 heteroatoms. The molecule has 4 aromatic rings. The van der Waals surface area contributed by atoms with Gasteiger partial charge in [-0.3, -0.25) is 4.79 Å². The normalized spacial score (nSPS) is 10.7. The minimum Gasteiger partial charge on any atom is -0.497 e. The molecule has 0 radical (unpaired) electrons. The SMILES string of the molecule is COc1ccc(C(=O)Nc2ccccc2-c2nc3ncccc3[nH]2)cc1. The number of carbonyl (C=O) groups excluding carboxylic acids is 1. The van der Waals surface area contributed by atoms with Crippen LogP contribution in [-0.4, -0.2) is 28.0 Å². The highest BCUT2D eigenvalue weighted by Crippen LogP contribution is 2.27. The van der Waals surface area contributed by atoms with Crippen LogP contribution in [0.4, 0.5) is 5.69 Å². The number of ether oxygens (including phenoxy) is 1. The van der Waals surface area contributed by atoms with Crippen LogP contribution < -0.4 is 10.1 Å². The Bertz CT molecular complexity index is 1040. The Morgan fingerprint density at radius 1 is 1.04 bits per heavy atom. The second-order valence-corrected chi connectivity index (χ2v) is 5.69. The molecule has 0 saturated carbocycles. The molecule has 0 saturated heterocycles. The molecule has 6 nitrogen and oxygen atoms in total. The topological polar surface area (TPSA) is 79.9 Å². The quantitative estimate of drug-likeness (QED) is 0.589. The summed E-state index contributed by atoms with van der Waals surface area (Å²) in [6, 6.07) is 18.2. The lowest BCUT2D eigenvalue weighted by Crippen LogP contribution is -2.12. The van der Waals surface area contributed by atoms with Gasteiger partial charge in [-0.05, 0) is 48.5 Å². The Morgan fingerprint density at radius 2 is 1.85 bits per heavy atom. The highest BCUT2D eigenvalue weighted by molar-refractivity contribution is 6.06. The Hall–Kier alpha value is -3.67. The number of benzene rings is 2. The van der Waals surface area contributed by atoms with Crippen molar-refractivity contribution in [3.05, 3.63) is 72.4 Å². The fourth-order valence-corrected chi connectivity index (χ4v) is 2.71. The van der Waals surface area contributed by atoms with Crippen LogP contribution in [0.5, 0.6) is 5.75 Å². The lowest BCUT2D eigenvalue weighted by molar-refractivity contribution is 0.102. The first-order valence-corrected chi connectivity index (χ1v) is 8.10. The third-order valence-electron chi connectivity index (χ3n) is 4.04. The van der Waals surface area contributed by atoms with Crippen LogP contribution in [0, 0.1) is 0 Å². The van der Waals surface area contributed by atoms with Crippen LogP contribution in [0.2, 0.25) is 0 Å². The van der Waals surface area contributed by atoms with Crippen LogP contribution in [0.25, 0.3) is 22.6 Å². The number of methoxy groups -OCH3 is 1. The monoisotopic (exact) mass is 344 g/mol. The Morgan fingerprint density at radius 3 is 2.62 bits per heavy atom. The summed E-state index contributed by atoms with van der Waals surface area (Å²) in [7, 11) is 1.59. The summed E-state index contributed by atoms with van der Waals surface area (Å²) in [5, 5.41) is 2.95. The maximum absolute atomic E-state index is 12.6. The third-order valence-corrected chi connectivity index (χ3v) is 4.04. The van der Waals surface area contributed by atoms with E-state index < -0.39 is 0 Å². The van der Waals surface area contributed by atoms with E-state index in [0.29, 0.717) is 28.5 Å².